The molecular formula is C21H27N3. The van der Waals surface area contributed by atoms with Crippen molar-refractivity contribution >= 4 is 5.69 Å². The predicted molar refractivity (Wildman–Crippen MR) is 98.3 cm³/mol. The minimum atomic E-state index is -0.133. The zero-order chi connectivity index (χ0) is 17.5. The maximum atomic E-state index is 4.67. The molecule has 0 amide bonds. The first-order valence-electron chi connectivity index (χ1n) is 8.85. The Kier molecular flexibility index (Phi) is 2.85. The van der Waals surface area contributed by atoms with Crippen molar-refractivity contribution < 1.29 is 0 Å². The van der Waals surface area contributed by atoms with Gasteiger partial charge in [-0.05, 0) is 37.3 Å². The largest absolute Gasteiger partial charge is 0.353 e. The summed E-state index contributed by atoms with van der Waals surface area (Å²) in [6, 6.07) is 6.99. The average molecular weight is 321 g/mol. The van der Waals surface area contributed by atoms with Gasteiger partial charge in [0.2, 0.25) is 0 Å². The van der Waals surface area contributed by atoms with Gasteiger partial charge < -0.3 is 4.90 Å². The first kappa shape index (κ1) is 15.6. The molecule has 2 aliphatic heterocycles. The second kappa shape index (κ2) is 4.38. The molecule has 2 unspecified atom stereocenters. The van der Waals surface area contributed by atoms with Gasteiger partial charge in [-0.3, -0.25) is 0 Å². The zero-order valence-electron chi connectivity index (χ0n) is 15.8. The number of anilines is 1. The lowest BCUT2D eigenvalue weighted by Gasteiger charge is -2.62. The molecule has 0 aliphatic carbocycles. The normalized spacial score (nSPS) is 29.0. The third-order valence-corrected chi connectivity index (χ3v) is 7.46. The summed E-state index contributed by atoms with van der Waals surface area (Å²) < 4.78 is 0. The summed E-state index contributed by atoms with van der Waals surface area (Å²) in [5.41, 5.74) is 6.55. The molecule has 1 aromatic carbocycles. The van der Waals surface area contributed by atoms with Crippen molar-refractivity contribution in [3.63, 3.8) is 0 Å². The molecule has 0 spiro atoms. The van der Waals surface area contributed by atoms with E-state index in [4.69, 9.17) is 0 Å². The molecule has 2 aliphatic rings. The highest BCUT2D eigenvalue weighted by atomic mass is 15.3. The van der Waals surface area contributed by atoms with Gasteiger partial charge in [0.25, 0.3) is 0 Å². The Balaban J connectivity index is 2.15. The Labute approximate surface area is 145 Å². The van der Waals surface area contributed by atoms with Gasteiger partial charge in [-0.15, -0.1) is 0 Å². The molecule has 3 heteroatoms. The lowest BCUT2D eigenvalue weighted by Crippen LogP contribution is -2.62. The molecule has 0 radical (unpaired) electrons. The van der Waals surface area contributed by atoms with Crippen LogP contribution in [0.25, 0.3) is 0 Å². The molecule has 3 nitrogen and oxygen atoms in total. The summed E-state index contributed by atoms with van der Waals surface area (Å²) in [6.45, 7) is 16.5. The minimum absolute atomic E-state index is 0.0189. The van der Waals surface area contributed by atoms with Gasteiger partial charge in [0.1, 0.15) is 6.33 Å². The van der Waals surface area contributed by atoms with Crippen LogP contribution in [0, 0.1) is 12.3 Å². The minimum Gasteiger partial charge on any atom is -0.353 e. The van der Waals surface area contributed by atoms with Crippen LogP contribution in [0.5, 0.6) is 0 Å². The lowest BCUT2D eigenvalue weighted by molar-refractivity contribution is 0.0650. The number of rotatable bonds is 0. The van der Waals surface area contributed by atoms with E-state index in [1.807, 2.05) is 6.20 Å². The molecule has 126 valence electrons. The van der Waals surface area contributed by atoms with Gasteiger partial charge in [-0.2, -0.15) is 0 Å². The number of nitrogens with zero attached hydrogens (tertiary/aromatic N) is 3. The monoisotopic (exact) mass is 321 g/mol. The summed E-state index contributed by atoms with van der Waals surface area (Å²) in [6.07, 6.45) is 3.73. The second-order valence-electron chi connectivity index (χ2n) is 8.66. The molecule has 2 atom stereocenters. The average Bonchev–Trinajstić information content (AvgIpc) is 2.77. The molecule has 1 aromatic heterocycles. The molecule has 0 bridgehead atoms. The maximum absolute atomic E-state index is 4.67. The van der Waals surface area contributed by atoms with Gasteiger partial charge in [0.15, 0.2) is 0 Å². The van der Waals surface area contributed by atoms with Gasteiger partial charge >= 0.3 is 0 Å². The van der Waals surface area contributed by atoms with Crippen LogP contribution in [0.4, 0.5) is 5.69 Å². The van der Waals surface area contributed by atoms with Crippen molar-refractivity contribution in [1.29, 1.82) is 0 Å². The maximum Gasteiger partial charge on any atom is 0.115 e. The Bertz CT molecular complexity index is 837. The van der Waals surface area contributed by atoms with E-state index in [1.54, 1.807) is 6.33 Å². The van der Waals surface area contributed by atoms with E-state index >= 15 is 0 Å². The third-order valence-electron chi connectivity index (χ3n) is 7.46. The van der Waals surface area contributed by atoms with Gasteiger partial charge in [-0.1, -0.05) is 45.9 Å². The van der Waals surface area contributed by atoms with Crippen LogP contribution in [0.1, 0.15) is 70.0 Å². The number of hydrogen-bond acceptors (Lipinski definition) is 3. The van der Waals surface area contributed by atoms with Crippen molar-refractivity contribution in [2.45, 2.75) is 65.5 Å². The van der Waals surface area contributed by atoms with E-state index in [0.717, 1.165) is 0 Å². The van der Waals surface area contributed by atoms with E-state index in [0.29, 0.717) is 0 Å². The molecule has 3 heterocycles. The van der Waals surface area contributed by atoms with E-state index in [1.165, 1.54) is 28.1 Å². The van der Waals surface area contributed by atoms with Crippen LogP contribution < -0.4 is 4.90 Å². The van der Waals surface area contributed by atoms with Crippen molar-refractivity contribution in [2.24, 2.45) is 5.41 Å². The van der Waals surface area contributed by atoms with Crippen LogP contribution in [0.15, 0.2) is 30.7 Å². The summed E-state index contributed by atoms with van der Waals surface area (Å²) in [5, 5.41) is 0. The highest BCUT2D eigenvalue weighted by molar-refractivity contribution is 5.71. The molecule has 24 heavy (non-hydrogen) atoms. The number of benzene rings is 1. The number of para-hydroxylation sites is 1. The third kappa shape index (κ3) is 1.45. The Morgan fingerprint density at radius 2 is 1.75 bits per heavy atom. The van der Waals surface area contributed by atoms with E-state index in [-0.39, 0.29) is 22.4 Å². The van der Waals surface area contributed by atoms with E-state index in [2.05, 4.69) is 81.5 Å². The Morgan fingerprint density at radius 1 is 1.04 bits per heavy atom. The fourth-order valence-electron chi connectivity index (χ4n) is 5.17. The number of aromatic nitrogens is 2. The summed E-state index contributed by atoms with van der Waals surface area (Å²) in [7, 11) is 0. The smallest absolute Gasteiger partial charge is 0.115 e. The quantitative estimate of drug-likeness (QED) is 0.691. The Morgan fingerprint density at radius 3 is 2.46 bits per heavy atom. The van der Waals surface area contributed by atoms with Crippen molar-refractivity contribution in [3.05, 3.63) is 53.1 Å². The van der Waals surface area contributed by atoms with Gasteiger partial charge in [0.05, 0.1) is 17.3 Å². The van der Waals surface area contributed by atoms with Crippen LogP contribution in [0.3, 0.4) is 0 Å². The van der Waals surface area contributed by atoms with E-state index < -0.39 is 0 Å². The lowest BCUT2D eigenvalue weighted by atomic mass is 9.51. The highest BCUT2D eigenvalue weighted by Crippen LogP contribution is 2.66. The highest BCUT2D eigenvalue weighted by Gasteiger charge is 2.64. The van der Waals surface area contributed by atoms with Gasteiger partial charge in [-0.25, -0.2) is 9.97 Å². The summed E-state index contributed by atoms with van der Waals surface area (Å²) in [5.74, 6) is 0. The van der Waals surface area contributed by atoms with Crippen LogP contribution in [-0.4, -0.2) is 9.97 Å². The molecule has 0 N–H and O–H groups in total. The van der Waals surface area contributed by atoms with Crippen LogP contribution >= 0.6 is 0 Å². The van der Waals surface area contributed by atoms with Crippen LogP contribution in [0.2, 0.25) is 0 Å². The standard InChI is InChI=1S/C21H27N3/c1-13-9-8-10-15-18(13)24-14(2)17-16(11-22-12-23-17)21(24,7)20(5,6)19(15,3)4/h8-12,14H,1-7H3. The van der Waals surface area contributed by atoms with Crippen molar-refractivity contribution in [3.8, 4) is 0 Å². The first-order valence-corrected chi connectivity index (χ1v) is 8.85. The van der Waals surface area contributed by atoms with Crippen molar-refractivity contribution in [1.82, 2.24) is 9.97 Å². The summed E-state index contributed by atoms with van der Waals surface area (Å²) >= 11 is 0. The number of aryl methyl sites for hydroxylation is 1. The first-order chi connectivity index (χ1) is 11.2. The number of fused-ring (bicyclic) bond motifs is 5. The fourth-order valence-corrected chi connectivity index (χ4v) is 5.17. The molecular weight excluding hydrogens is 294 g/mol. The molecule has 2 aromatic rings. The van der Waals surface area contributed by atoms with Gasteiger partial charge in [0, 0.05) is 22.9 Å². The Hall–Kier alpha value is -1.90. The topological polar surface area (TPSA) is 29.0 Å². The summed E-state index contributed by atoms with van der Waals surface area (Å²) in [4.78, 5) is 11.7. The van der Waals surface area contributed by atoms with Crippen molar-refractivity contribution in [2.75, 3.05) is 4.90 Å². The fraction of sp³-hybridized carbons (Fsp3) is 0.524. The number of hydrogen-bond donors (Lipinski definition) is 0. The molecule has 0 fully saturated rings. The van der Waals surface area contributed by atoms with E-state index in [9.17, 15) is 0 Å². The molecule has 0 saturated heterocycles. The zero-order valence-corrected chi connectivity index (χ0v) is 15.8. The predicted octanol–water partition coefficient (Wildman–Crippen LogP) is 4.90. The van der Waals surface area contributed by atoms with Crippen LogP contribution in [-0.2, 0) is 11.0 Å². The molecule has 0 saturated carbocycles. The second-order valence-corrected chi connectivity index (χ2v) is 8.66. The SMILES string of the molecule is Cc1cccc2c1N1C(C)c3ncncc3C1(C)C(C)(C)C2(C)C. The molecule has 4 rings (SSSR count).